The molecule has 2 rings (SSSR count). The number of esters is 1. The zero-order chi connectivity index (χ0) is 15.1. The van der Waals surface area contributed by atoms with Gasteiger partial charge in [-0.1, -0.05) is 6.07 Å². The lowest BCUT2D eigenvalue weighted by atomic mass is 10.3. The second kappa shape index (κ2) is 7.52. The van der Waals surface area contributed by atoms with Gasteiger partial charge < -0.3 is 20.5 Å². The molecule has 1 aromatic carbocycles. The average Bonchev–Trinajstić information content (AvgIpc) is 3.27. The number of anilines is 1. The second-order valence-corrected chi connectivity index (χ2v) is 5.08. The minimum Gasteiger partial charge on any atom is -0.493 e. The molecular weight excluding hydrogens is 272 g/mol. The number of carbonyl (C=O) groups is 2. The molecule has 114 valence electrons. The van der Waals surface area contributed by atoms with Crippen LogP contribution in [0.25, 0.3) is 0 Å². The molecule has 1 fully saturated rings. The van der Waals surface area contributed by atoms with Gasteiger partial charge in [-0.3, -0.25) is 9.59 Å². The van der Waals surface area contributed by atoms with Crippen LogP contribution in [0.15, 0.2) is 24.3 Å². The van der Waals surface area contributed by atoms with Crippen LogP contribution in [0, 0.1) is 5.92 Å². The number of benzene rings is 1. The maximum atomic E-state index is 11.4. The van der Waals surface area contributed by atoms with E-state index < -0.39 is 5.97 Å². The molecule has 1 amide bonds. The number of hydrogen-bond donors (Lipinski definition) is 2. The highest BCUT2D eigenvalue weighted by molar-refractivity contribution is 5.80. The van der Waals surface area contributed by atoms with Crippen molar-refractivity contribution in [1.82, 2.24) is 5.32 Å². The molecule has 3 N–H and O–H groups in total. The minimum atomic E-state index is -0.458. The Hall–Kier alpha value is -2.24. The van der Waals surface area contributed by atoms with Crippen LogP contribution < -0.4 is 15.8 Å². The highest BCUT2D eigenvalue weighted by atomic mass is 16.5. The van der Waals surface area contributed by atoms with E-state index in [1.165, 1.54) is 12.8 Å². The summed E-state index contributed by atoms with van der Waals surface area (Å²) in [6.45, 7) is 0.630. The highest BCUT2D eigenvalue weighted by Crippen LogP contribution is 2.27. The van der Waals surface area contributed by atoms with Crippen molar-refractivity contribution >= 4 is 17.6 Å². The molecule has 1 aliphatic carbocycles. The summed E-state index contributed by atoms with van der Waals surface area (Å²) in [5.41, 5.74) is 6.21. The van der Waals surface area contributed by atoms with Gasteiger partial charge >= 0.3 is 5.97 Å². The lowest BCUT2D eigenvalue weighted by Gasteiger charge is -2.07. The fourth-order valence-electron chi connectivity index (χ4n) is 1.71. The van der Waals surface area contributed by atoms with Crippen LogP contribution in [0.5, 0.6) is 5.75 Å². The molecule has 0 aromatic heterocycles. The molecule has 0 spiro atoms. The van der Waals surface area contributed by atoms with Gasteiger partial charge in [-0.05, 0) is 30.9 Å². The number of carbonyl (C=O) groups excluding carboxylic acids is 2. The summed E-state index contributed by atoms with van der Waals surface area (Å²) < 4.78 is 10.2. The topological polar surface area (TPSA) is 90.7 Å². The first-order chi connectivity index (χ1) is 10.1. The van der Waals surface area contributed by atoms with Gasteiger partial charge in [0.25, 0.3) is 5.91 Å². The zero-order valence-corrected chi connectivity index (χ0v) is 11.8. The zero-order valence-electron chi connectivity index (χ0n) is 11.8. The van der Waals surface area contributed by atoms with Crippen molar-refractivity contribution < 1.29 is 19.1 Å². The molecule has 0 saturated heterocycles. The van der Waals surface area contributed by atoms with Gasteiger partial charge in [0, 0.05) is 18.3 Å². The summed E-state index contributed by atoms with van der Waals surface area (Å²) in [6.07, 6.45) is 2.42. The van der Waals surface area contributed by atoms with Crippen molar-refractivity contribution in [2.45, 2.75) is 19.3 Å². The molecule has 6 nitrogen and oxygen atoms in total. The van der Waals surface area contributed by atoms with Crippen molar-refractivity contribution in [2.75, 3.05) is 25.5 Å². The van der Waals surface area contributed by atoms with Crippen LogP contribution >= 0.6 is 0 Å². The fraction of sp³-hybridized carbons (Fsp3) is 0.467. The molecule has 1 aliphatic rings. The summed E-state index contributed by atoms with van der Waals surface area (Å²) >= 11 is 0. The van der Waals surface area contributed by atoms with E-state index in [1.807, 2.05) is 0 Å². The largest absolute Gasteiger partial charge is 0.493 e. The molecule has 6 heteroatoms. The minimum absolute atomic E-state index is 0.0880. The van der Waals surface area contributed by atoms with Crippen molar-refractivity contribution in [3.05, 3.63) is 24.3 Å². The summed E-state index contributed by atoms with van der Waals surface area (Å²) in [7, 11) is 0. The predicted octanol–water partition coefficient (Wildman–Crippen LogP) is 1.11. The standard InChI is InChI=1S/C15H20N2O4/c16-12-2-1-3-13(8-12)20-7-6-15(19)21-10-14(18)17-9-11-4-5-11/h1-3,8,11H,4-7,9-10,16H2,(H,17,18). The average molecular weight is 292 g/mol. The van der Waals surface area contributed by atoms with Gasteiger partial charge in [-0.15, -0.1) is 0 Å². The third-order valence-electron chi connectivity index (χ3n) is 3.08. The summed E-state index contributed by atoms with van der Waals surface area (Å²) in [6, 6.07) is 6.96. The van der Waals surface area contributed by atoms with E-state index >= 15 is 0 Å². The van der Waals surface area contributed by atoms with E-state index in [0.29, 0.717) is 23.9 Å². The van der Waals surface area contributed by atoms with Crippen LogP contribution in [0.2, 0.25) is 0 Å². The monoisotopic (exact) mass is 292 g/mol. The predicted molar refractivity (Wildman–Crippen MR) is 77.7 cm³/mol. The maximum Gasteiger partial charge on any atom is 0.309 e. The van der Waals surface area contributed by atoms with E-state index in [-0.39, 0.29) is 25.5 Å². The molecule has 1 saturated carbocycles. The molecule has 1 aromatic rings. The summed E-state index contributed by atoms with van der Waals surface area (Å²) in [5, 5.41) is 2.73. The third-order valence-corrected chi connectivity index (χ3v) is 3.08. The molecule has 0 bridgehead atoms. The first-order valence-corrected chi connectivity index (χ1v) is 7.04. The lowest BCUT2D eigenvalue weighted by Crippen LogP contribution is -2.30. The van der Waals surface area contributed by atoms with E-state index in [1.54, 1.807) is 24.3 Å². The first-order valence-electron chi connectivity index (χ1n) is 7.04. The Morgan fingerprint density at radius 2 is 2.14 bits per heavy atom. The summed E-state index contributed by atoms with van der Waals surface area (Å²) in [5.74, 6) is 0.494. The van der Waals surface area contributed by atoms with Gasteiger partial charge in [0.2, 0.25) is 0 Å². The number of rotatable bonds is 8. The van der Waals surface area contributed by atoms with Crippen LogP contribution in [-0.4, -0.2) is 31.6 Å². The number of amides is 1. The van der Waals surface area contributed by atoms with E-state index in [4.69, 9.17) is 15.2 Å². The Morgan fingerprint density at radius 3 is 2.86 bits per heavy atom. The number of ether oxygens (including phenoxy) is 2. The Morgan fingerprint density at radius 1 is 1.33 bits per heavy atom. The molecule has 21 heavy (non-hydrogen) atoms. The van der Waals surface area contributed by atoms with Crippen molar-refractivity contribution in [2.24, 2.45) is 5.92 Å². The van der Waals surface area contributed by atoms with Crippen LogP contribution in [-0.2, 0) is 14.3 Å². The summed E-state index contributed by atoms with van der Waals surface area (Å²) in [4.78, 5) is 22.8. The fourth-order valence-corrected chi connectivity index (χ4v) is 1.71. The number of nitrogen functional groups attached to an aromatic ring is 1. The van der Waals surface area contributed by atoms with E-state index in [0.717, 1.165) is 0 Å². The van der Waals surface area contributed by atoms with Gasteiger partial charge in [-0.2, -0.15) is 0 Å². The Kier molecular flexibility index (Phi) is 5.43. The van der Waals surface area contributed by atoms with Crippen LogP contribution in [0.4, 0.5) is 5.69 Å². The van der Waals surface area contributed by atoms with Crippen LogP contribution in [0.3, 0.4) is 0 Å². The van der Waals surface area contributed by atoms with E-state index in [2.05, 4.69) is 5.32 Å². The number of nitrogens with one attached hydrogen (secondary N) is 1. The Labute approximate surface area is 123 Å². The molecule has 0 radical (unpaired) electrons. The van der Waals surface area contributed by atoms with Gasteiger partial charge in [0.15, 0.2) is 6.61 Å². The SMILES string of the molecule is Nc1cccc(OCCC(=O)OCC(=O)NCC2CC2)c1. The number of nitrogens with two attached hydrogens (primary N) is 1. The number of hydrogen-bond acceptors (Lipinski definition) is 5. The molecule has 0 unspecified atom stereocenters. The normalized spacial score (nSPS) is 13.5. The first kappa shape index (κ1) is 15.2. The van der Waals surface area contributed by atoms with Crippen molar-refractivity contribution in [1.29, 1.82) is 0 Å². The van der Waals surface area contributed by atoms with Gasteiger partial charge in [0.05, 0.1) is 13.0 Å². The van der Waals surface area contributed by atoms with Crippen molar-refractivity contribution in [3.8, 4) is 5.75 Å². The lowest BCUT2D eigenvalue weighted by molar-refractivity contribution is -0.149. The molecule has 0 atom stereocenters. The van der Waals surface area contributed by atoms with E-state index in [9.17, 15) is 9.59 Å². The second-order valence-electron chi connectivity index (χ2n) is 5.08. The Balaban J connectivity index is 1.55. The van der Waals surface area contributed by atoms with Gasteiger partial charge in [-0.25, -0.2) is 0 Å². The highest BCUT2D eigenvalue weighted by Gasteiger charge is 2.21. The molecular formula is C15H20N2O4. The van der Waals surface area contributed by atoms with Gasteiger partial charge in [0.1, 0.15) is 5.75 Å². The molecule has 0 heterocycles. The Bertz CT molecular complexity index is 500. The smallest absolute Gasteiger partial charge is 0.309 e. The quantitative estimate of drug-likeness (QED) is 0.553. The molecule has 0 aliphatic heterocycles. The van der Waals surface area contributed by atoms with Crippen molar-refractivity contribution in [3.63, 3.8) is 0 Å². The maximum absolute atomic E-state index is 11.4. The third kappa shape index (κ3) is 6.16. The van der Waals surface area contributed by atoms with Crippen LogP contribution in [0.1, 0.15) is 19.3 Å².